The van der Waals surface area contributed by atoms with Gasteiger partial charge in [-0.2, -0.15) is 0 Å². The molecule has 2 aromatic rings. The molecule has 1 fully saturated rings. The molecule has 0 unspecified atom stereocenters. The molecule has 3 N–H and O–H groups in total. The van der Waals surface area contributed by atoms with Crippen molar-refractivity contribution in [3.05, 3.63) is 54.2 Å². The van der Waals surface area contributed by atoms with Crippen molar-refractivity contribution in [3.63, 3.8) is 0 Å². The number of piperazine rings is 1. The molecule has 1 saturated heterocycles. The molecule has 2 heterocycles. The van der Waals surface area contributed by atoms with Crippen LogP contribution in [0.25, 0.3) is 0 Å². The Kier molecular flexibility index (Phi) is 7.25. The van der Waals surface area contributed by atoms with Crippen LogP contribution in [0, 0.1) is 6.92 Å². The number of quaternary nitrogens is 1. The number of rotatable bonds is 8. The van der Waals surface area contributed by atoms with Gasteiger partial charge in [-0.3, -0.25) is 9.69 Å². The van der Waals surface area contributed by atoms with Crippen LogP contribution in [0.5, 0.6) is 0 Å². The molecule has 0 spiro atoms. The van der Waals surface area contributed by atoms with Gasteiger partial charge < -0.3 is 15.1 Å². The molecule has 0 bridgehead atoms. The highest BCUT2D eigenvalue weighted by Gasteiger charge is 2.27. The Morgan fingerprint density at radius 1 is 1.21 bits per heavy atom. The largest absolute Gasteiger partial charge is 0.370 e. The number of pyridine rings is 1. The van der Waals surface area contributed by atoms with Crippen LogP contribution in [-0.4, -0.2) is 58.3 Å². The SMILES string of the molecule is CCN(CCNC(=O)C[NH+]1CCN(c2cccc[nH+]2)CC1)c1cccc(C)c1. The van der Waals surface area contributed by atoms with Crippen molar-refractivity contribution in [1.82, 2.24) is 5.32 Å². The molecule has 3 rings (SSSR count). The molecule has 0 saturated carbocycles. The van der Waals surface area contributed by atoms with E-state index in [9.17, 15) is 4.79 Å². The first kappa shape index (κ1) is 20.1. The summed E-state index contributed by atoms with van der Waals surface area (Å²) in [4.78, 5) is 21.6. The molecule has 150 valence electrons. The lowest BCUT2D eigenvalue weighted by molar-refractivity contribution is -0.892. The van der Waals surface area contributed by atoms with E-state index in [4.69, 9.17) is 0 Å². The minimum Gasteiger partial charge on any atom is -0.370 e. The third kappa shape index (κ3) is 5.70. The minimum absolute atomic E-state index is 0.148. The van der Waals surface area contributed by atoms with Gasteiger partial charge in [-0.05, 0) is 37.6 Å². The van der Waals surface area contributed by atoms with Crippen LogP contribution >= 0.6 is 0 Å². The van der Waals surface area contributed by atoms with Gasteiger partial charge in [-0.1, -0.05) is 18.2 Å². The van der Waals surface area contributed by atoms with E-state index >= 15 is 0 Å². The molecule has 1 aliphatic rings. The number of hydrogen-bond acceptors (Lipinski definition) is 3. The van der Waals surface area contributed by atoms with Crippen molar-refractivity contribution < 1.29 is 14.7 Å². The van der Waals surface area contributed by atoms with Crippen molar-refractivity contribution in [2.45, 2.75) is 13.8 Å². The number of hydrogen-bond donors (Lipinski definition) is 2. The van der Waals surface area contributed by atoms with Crippen molar-refractivity contribution in [1.29, 1.82) is 0 Å². The van der Waals surface area contributed by atoms with Crippen LogP contribution in [0.1, 0.15) is 12.5 Å². The van der Waals surface area contributed by atoms with Crippen LogP contribution in [-0.2, 0) is 4.79 Å². The molecular formula is C22H33N5O+2. The van der Waals surface area contributed by atoms with Crippen molar-refractivity contribution in [2.75, 3.05) is 62.2 Å². The number of amides is 1. The maximum atomic E-state index is 12.4. The first-order valence-electron chi connectivity index (χ1n) is 10.3. The Balaban J connectivity index is 1.38. The Morgan fingerprint density at radius 3 is 2.71 bits per heavy atom. The maximum Gasteiger partial charge on any atom is 0.275 e. The number of aryl methyl sites for hydroxylation is 1. The van der Waals surface area contributed by atoms with Gasteiger partial charge in [-0.15, -0.1) is 0 Å². The summed E-state index contributed by atoms with van der Waals surface area (Å²) in [6.45, 7) is 11.2. The zero-order valence-electron chi connectivity index (χ0n) is 17.1. The van der Waals surface area contributed by atoms with Crippen LogP contribution < -0.4 is 25.0 Å². The molecule has 1 amide bonds. The monoisotopic (exact) mass is 383 g/mol. The quantitative estimate of drug-likeness (QED) is 0.683. The van der Waals surface area contributed by atoms with Crippen molar-refractivity contribution in [2.24, 2.45) is 0 Å². The number of carbonyl (C=O) groups is 1. The number of carbonyl (C=O) groups excluding carboxylic acids is 1. The summed E-state index contributed by atoms with van der Waals surface area (Å²) >= 11 is 0. The fourth-order valence-electron chi connectivity index (χ4n) is 3.74. The summed E-state index contributed by atoms with van der Waals surface area (Å²) in [7, 11) is 0. The third-order valence-corrected chi connectivity index (χ3v) is 5.37. The summed E-state index contributed by atoms with van der Waals surface area (Å²) in [5, 5.41) is 3.10. The van der Waals surface area contributed by atoms with Gasteiger partial charge in [0.05, 0.1) is 6.20 Å². The van der Waals surface area contributed by atoms with E-state index in [-0.39, 0.29) is 5.91 Å². The van der Waals surface area contributed by atoms with E-state index in [0.717, 1.165) is 45.1 Å². The highest BCUT2D eigenvalue weighted by molar-refractivity contribution is 5.76. The Hall–Kier alpha value is -2.60. The highest BCUT2D eigenvalue weighted by Crippen LogP contribution is 2.14. The standard InChI is InChI=1S/C22H31N5O/c1-3-26(20-8-6-7-19(2)17-20)12-11-24-22(28)18-25-13-15-27(16-14-25)21-9-4-5-10-23-21/h4-10,17H,3,11-16,18H2,1-2H3,(H,24,28)/p+2. The lowest BCUT2D eigenvalue weighted by atomic mass is 10.2. The average molecular weight is 384 g/mol. The molecule has 0 aliphatic carbocycles. The molecule has 1 aromatic carbocycles. The summed E-state index contributed by atoms with van der Waals surface area (Å²) < 4.78 is 0. The highest BCUT2D eigenvalue weighted by atomic mass is 16.2. The van der Waals surface area contributed by atoms with E-state index in [2.05, 4.69) is 70.3 Å². The molecule has 6 nitrogen and oxygen atoms in total. The molecule has 28 heavy (non-hydrogen) atoms. The Labute approximate surface area is 168 Å². The predicted octanol–water partition coefficient (Wildman–Crippen LogP) is 0.157. The Bertz CT molecular complexity index is 744. The van der Waals surface area contributed by atoms with Gasteiger partial charge in [-0.25, -0.2) is 4.98 Å². The Morgan fingerprint density at radius 2 is 2.04 bits per heavy atom. The first-order valence-corrected chi connectivity index (χ1v) is 10.3. The fourth-order valence-corrected chi connectivity index (χ4v) is 3.74. The van der Waals surface area contributed by atoms with E-state index in [1.807, 2.05) is 12.3 Å². The second-order valence-corrected chi connectivity index (χ2v) is 7.43. The van der Waals surface area contributed by atoms with Gasteiger partial charge >= 0.3 is 0 Å². The van der Waals surface area contributed by atoms with Gasteiger partial charge in [0.25, 0.3) is 11.7 Å². The fraction of sp³-hybridized carbons (Fsp3) is 0.455. The van der Waals surface area contributed by atoms with Gasteiger partial charge in [0, 0.05) is 31.4 Å². The summed E-state index contributed by atoms with van der Waals surface area (Å²) in [6, 6.07) is 14.7. The molecule has 0 radical (unpaired) electrons. The normalized spacial score (nSPS) is 14.7. The summed E-state index contributed by atoms with van der Waals surface area (Å²) in [5.74, 6) is 1.30. The molecule has 6 heteroatoms. The van der Waals surface area contributed by atoms with E-state index in [0.29, 0.717) is 13.1 Å². The number of benzene rings is 1. The lowest BCUT2D eigenvalue weighted by Crippen LogP contribution is -3.16. The van der Waals surface area contributed by atoms with Crippen LogP contribution in [0.4, 0.5) is 11.5 Å². The van der Waals surface area contributed by atoms with Crippen molar-refractivity contribution in [3.8, 4) is 0 Å². The molecule has 0 atom stereocenters. The van der Waals surface area contributed by atoms with E-state index in [1.54, 1.807) is 0 Å². The molecule has 1 aliphatic heterocycles. The first-order chi connectivity index (χ1) is 13.7. The second-order valence-electron chi connectivity index (χ2n) is 7.43. The third-order valence-electron chi connectivity index (χ3n) is 5.37. The topological polar surface area (TPSA) is 54.2 Å². The molecule has 1 aromatic heterocycles. The van der Waals surface area contributed by atoms with Crippen molar-refractivity contribution >= 4 is 17.4 Å². The van der Waals surface area contributed by atoms with E-state index in [1.165, 1.54) is 16.2 Å². The number of H-pyrrole nitrogens is 1. The van der Waals surface area contributed by atoms with Gasteiger partial charge in [0.15, 0.2) is 6.54 Å². The zero-order chi connectivity index (χ0) is 19.8. The van der Waals surface area contributed by atoms with Crippen LogP contribution in [0.15, 0.2) is 48.7 Å². The number of aromatic nitrogens is 1. The van der Waals surface area contributed by atoms with Gasteiger partial charge in [0.2, 0.25) is 0 Å². The summed E-state index contributed by atoms with van der Waals surface area (Å²) in [5.41, 5.74) is 2.48. The second kappa shape index (κ2) is 10.1. The average Bonchev–Trinajstić information content (AvgIpc) is 2.72. The van der Waals surface area contributed by atoms with E-state index < -0.39 is 0 Å². The number of likely N-dealkylation sites (N-methyl/N-ethyl adjacent to an activating group) is 1. The smallest absolute Gasteiger partial charge is 0.275 e. The van der Waals surface area contributed by atoms with Crippen LogP contribution in [0.2, 0.25) is 0 Å². The number of nitrogens with zero attached hydrogens (tertiary/aromatic N) is 2. The predicted molar refractivity (Wildman–Crippen MR) is 113 cm³/mol. The number of anilines is 2. The van der Waals surface area contributed by atoms with Gasteiger partial charge in [0.1, 0.15) is 26.2 Å². The summed E-state index contributed by atoms with van der Waals surface area (Å²) in [6.07, 6.45) is 1.96. The number of aromatic amines is 1. The lowest BCUT2D eigenvalue weighted by Gasteiger charge is -2.28. The minimum atomic E-state index is 0.148. The molecular weight excluding hydrogens is 350 g/mol. The number of nitrogens with one attached hydrogen (secondary N) is 3. The zero-order valence-corrected chi connectivity index (χ0v) is 17.1. The maximum absolute atomic E-state index is 12.4. The van der Waals surface area contributed by atoms with Crippen LogP contribution in [0.3, 0.4) is 0 Å².